The Morgan fingerprint density at radius 3 is 3.11 bits per heavy atom. The maximum Gasteiger partial charge on any atom is 0.119 e. The molecule has 0 spiro atoms. The lowest BCUT2D eigenvalue weighted by Crippen LogP contribution is -2.37. The molecular weight excluding hydrogens is 224 g/mol. The maximum atomic E-state index is 9.80. The van der Waals surface area contributed by atoms with Crippen molar-refractivity contribution in [2.75, 3.05) is 13.6 Å². The second kappa shape index (κ2) is 5.88. The van der Waals surface area contributed by atoms with Crippen molar-refractivity contribution < 1.29 is 5.11 Å². The summed E-state index contributed by atoms with van der Waals surface area (Å²) < 4.78 is 0. The van der Waals surface area contributed by atoms with Gasteiger partial charge in [-0.05, 0) is 56.5 Å². The van der Waals surface area contributed by atoms with Gasteiger partial charge in [-0.25, -0.2) is 0 Å². The van der Waals surface area contributed by atoms with E-state index in [-0.39, 0.29) is 0 Å². The summed E-state index contributed by atoms with van der Waals surface area (Å²) in [5.41, 5.74) is 2.40. The van der Waals surface area contributed by atoms with Crippen LogP contribution in [-0.4, -0.2) is 29.6 Å². The summed E-state index contributed by atoms with van der Waals surface area (Å²) in [5, 5.41) is 18.4. The molecule has 0 aromatic heterocycles. The van der Waals surface area contributed by atoms with Crippen molar-refractivity contribution in [1.29, 1.82) is 5.26 Å². The topological polar surface area (TPSA) is 47.3 Å². The minimum Gasteiger partial charge on any atom is -0.508 e. The molecule has 1 aliphatic rings. The Bertz CT molecular complexity index is 450. The second-order valence-corrected chi connectivity index (χ2v) is 5.05. The molecule has 0 fully saturated rings. The van der Waals surface area contributed by atoms with Gasteiger partial charge in [-0.2, -0.15) is 5.26 Å². The van der Waals surface area contributed by atoms with Crippen LogP contribution >= 0.6 is 0 Å². The Morgan fingerprint density at radius 1 is 1.50 bits per heavy atom. The molecule has 1 atom stereocenters. The number of phenolic OH excluding ortho intramolecular Hbond substituents is 1. The van der Waals surface area contributed by atoms with Gasteiger partial charge >= 0.3 is 0 Å². The quantitative estimate of drug-likeness (QED) is 0.828. The summed E-state index contributed by atoms with van der Waals surface area (Å²) in [5.74, 6) is 0.443. The molecule has 1 N–H and O–H groups in total. The van der Waals surface area contributed by atoms with Gasteiger partial charge in [0.1, 0.15) is 5.75 Å². The highest BCUT2D eigenvalue weighted by Crippen LogP contribution is 2.30. The van der Waals surface area contributed by atoms with Crippen LogP contribution in [0.3, 0.4) is 0 Å². The number of hydrogen-bond acceptors (Lipinski definition) is 3. The Hall–Kier alpha value is -1.53. The van der Waals surface area contributed by atoms with Gasteiger partial charge in [0.25, 0.3) is 0 Å². The van der Waals surface area contributed by atoms with Crippen LogP contribution in [0.2, 0.25) is 0 Å². The van der Waals surface area contributed by atoms with E-state index in [0.29, 0.717) is 18.2 Å². The highest BCUT2D eigenvalue weighted by molar-refractivity contribution is 5.41. The zero-order valence-electron chi connectivity index (χ0n) is 10.9. The number of aromatic hydroxyl groups is 1. The summed E-state index contributed by atoms with van der Waals surface area (Å²) in [6.07, 6.45) is 4.63. The number of nitrogens with zero attached hydrogens (tertiary/aromatic N) is 2. The third-order valence-electron chi connectivity index (χ3n) is 3.85. The van der Waals surface area contributed by atoms with Gasteiger partial charge in [0.15, 0.2) is 0 Å². The number of nitriles is 1. The van der Waals surface area contributed by atoms with Crippen molar-refractivity contribution in [2.24, 2.45) is 0 Å². The minimum absolute atomic E-state index is 0.443. The van der Waals surface area contributed by atoms with Gasteiger partial charge in [0, 0.05) is 12.5 Å². The number of hydrogen-bond donors (Lipinski definition) is 1. The third kappa shape index (κ3) is 2.83. The first-order valence-electron chi connectivity index (χ1n) is 6.59. The van der Waals surface area contributed by atoms with Crippen LogP contribution in [0.15, 0.2) is 18.2 Å². The number of phenols is 1. The van der Waals surface area contributed by atoms with Crippen molar-refractivity contribution in [3.63, 3.8) is 0 Å². The Kier molecular flexibility index (Phi) is 4.22. The van der Waals surface area contributed by atoms with Crippen molar-refractivity contribution >= 4 is 0 Å². The fraction of sp³-hybridized carbons (Fsp3) is 0.533. The third-order valence-corrected chi connectivity index (χ3v) is 3.85. The van der Waals surface area contributed by atoms with E-state index in [0.717, 1.165) is 37.8 Å². The molecular formula is C15H20N2O. The first-order chi connectivity index (χ1) is 8.72. The predicted octanol–water partition coefficient (Wildman–Crippen LogP) is 2.49. The highest BCUT2D eigenvalue weighted by atomic mass is 16.3. The lowest BCUT2D eigenvalue weighted by molar-refractivity contribution is 0.219. The second-order valence-electron chi connectivity index (χ2n) is 5.05. The SMILES string of the molecule is CN(CCCC#N)C1CCc2c(O)cccc2C1. The normalized spacial score (nSPS) is 18.4. The smallest absolute Gasteiger partial charge is 0.119 e. The van der Waals surface area contributed by atoms with E-state index in [1.54, 1.807) is 6.07 Å². The molecule has 0 bridgehead atoms. The number of rotatable bonds is 4. The Labute approximate surface area is 109 Å². The molecule has 3 heteroatoms. The minimum atomic E-state index is 0.443. The lowest BCUT2D eigenvalue weighted by atomic mass is 9.87. The highest BCUT2D eigenvalue weighted by Gasteiger charge is 2.23. The molecule has 0 aliphatic heterocycles. The van der Waals surface area contributed by atoms with Gasteiger partial charge < -0.3 is 10.0 Å². The molecule has 96 valence electrons. The van der Waals surface area contributed by atoms with Crippen LogP contribution in [0.4, 0.5) is 0 Å². The number of unbranched alkanes of at least 4 members (excludes halogenated alkanes) is 1. The van der Waals surface area contributed by atoms with E-state index < -0.39 is 0 Å². The number of likely N-dealkylation sites (N-methyl/N-ethyl adjacent to an activating group) is 1. The summed E-state index contributed by atoms with van der Waals surface area (Å²) in [7, 11) is 2.13. The monoisotopic (exact) mass is 244 g/mol. The molecule has 0 radical (unpaired) electrons. The van der Waals surface area contributed by atoms with E-state index in [9.17, 15) is 5.11 Å². The standard InChI is InChI=1S/C15H20N2O/c1-17(10-3-2-9-16)13-7-8-14-12(11-13)5-4-6-15(14)18/h4-6,13,18H,2-3,7-8,10-11H2,1H3. The van der Waals surface area contributed by atoms with Gasteiger partial charge in [0.2, 0.25) is 0 Å². The van der Waals surface area contributed by atoms with Gasteiger partial charge in [-0.1, -0.05) is 12.1 Å². The summed E-state index contributed by atoms with van der Waals surface area (Å²) in [6.45, 7) is 0.979. The average molecular weight is 244 g/mol. The summed E-state index contributed by atoms with van der Waals surface area (Å²) >= 11 is 0. The zero-order valence-corrected chi connectivity index (χ0v) is 10.9. The van der Waals surface area contributed by atoms with Crippen LogP contribution < -0.4 is 0 Å². The molecule has 1 aliphatic carbocycles. The molecule has 0 heterocycles. The van der Waals surface area contributed by atoms with Crippen LogP contribution in [0.5, 0.6) is 5.75 Å². The molecule has 0 saturated carbocycles. The fourth-order valence-electron chi connectivity index (χ4n) is 2.73. The van der Waals surface area contributed by atoms with Gasteiger partial charge in [-0.15, -0.1) is 0 Å². The molecule has 1 aromatic carbocycles. The van der Waals surface area contributed by atoms with Crippen LogP contribution in [0, 0.1) is 11.3 Å². The zero-order chi connectivity index (χ0) is 13.0. The van der Waals surface area contributed by atoms with Gasteiger partial charge in [0.05, 0.1) is 6.07 Å². The van der Waals surface area contributed by atoms with Crippen molar-refractivity contribution in [3.8, 4) is 11.8 Å². The molecule has 3 nitrogen and oxygen atoms in total. The van der Waals surface area contributed by atoms with Gasteiger partial charge in [-0.3, -0.25) is 0 Å². The average Bonchev–Trinajstić information content (AvgIpc) is 2.39. The van der Waals surface area contributed by atoms with E-state index in [4.69, 9.17) is 5.26 Å². The maximum absolute atomic E-state index is 9.80. The van der Waals surface area contributed by atoms with Crippen molar-refractivity contribution in [2.45, 2.75) is 38.1 Å². The van der Waals surface area contributed by atoms with E-state index in [2.05, 4.69) is 24.1 Å². The Morgan fingerprint density at radius 2 is 2.33 bits per heavy atom. The lowest BCUT2D eigenvalue weighted by Gasteiger charge is -2.32. The predicted molar refractivity (Wildman–Crippen MR) is 71.4 cm³/mol. The Balaban J connectivity index is 1.97. The van der Waals surface area contributed by atoms with Crippen LogP contribution in [0.1, 0.15) is 30.4 Å². The van der Waals surface area contributed by atoms with E-state index in [1.807, 2.05) is 6.07 Å². The van der Waals surface area contributed by atoms with Crippen molar-refractivity contribution in [1.82, 2.24) is 4.90 Å². The molecule has 1 aromatic rings. The summed E-state index contributed by atoms with van der Waals surface area (Å²) in [6, 6.07) is 8.54. The molecule has 1 unspecified atom stereocenters. The largest absolute Gasteiger partial charge is 0.508 e. The number of benzene rings is 1. The molecule has 2 rings (SSSR count). The van der Waals surface area contributed by atoms with Crippen molar-refractivity contribution in [3.05, 3.63) is 29.3 Å². The number of fused-ring (bicyclic) bond motifs is 1. The first-order valence-corrected chi connectivity index (χ1v) is 6.59. The summed E-state index contributed by atoms with van der Waals surface area (Å²) in [4.78, 5) is 2.35. The first kappa shape index (κ1) is 12.9. The van der Waals surface area contributed by atoms with E-state index in [1.165, 1.54) is 5.56 Å². The van der Waals surface area contributed by atoms with Crippen LogP contribution in [0.25, 0.3) is 0 Å². The molecule has 0 saturated heterocycles. The van der Waals surface area contributed by atoms with E-state index >= 15 is 0 Å². The molecule has 0 amide bonds. The molecule has 18 heavy (non-hydrogen) atoms. The fourth-order valence-corrected chi connectivity index (χ4v) is 2.73. The van der Waals surface area contributed by atoms with Crippen LogP contribution in [-0.2, 0) is 12.8 Å².